The Morgan fingerprint density at radius 2 is 2.00 bits per heavy atom. The smallest absolute Gasteiger partial charge is 0.230 e. The Bertz CT molecular complexity index is 246. The zero-order valence-electron chi connectivity index (χ0n) is 9.30. The third-order valence-corrected chi connectivity index (χ3v) is 2.65. The van der Waals surface area contributed by atoms with E-state index in [1.165, 1.54) is 6.92 Å². The van der Waals surface area contributed by atoms with E-state index in [0.717, 1.165) is 25.9 Å². The molecule has 0 bridgehead atoms. The molecule has 0 unspecified atom stereocenters. The topological polar surface area (TPSA) is 37.4 Å². The number of carbonyl (C=O) groups excluding carboxylic acids is 2. The SMILES string of the molecule is CC(=O)CC(=O)N1CCCC(C)(C)C1. The Labute approximate surface area is 85.5 Å². The number of hydrogen-bond donors (Lipinski definition) is 0. The van der Waals surface area contributed by atoms with Crippen LogP contribution in [0.2, 0.25) is 0 Å². The predicted octanol–water partition coefficient (Wildman–Crippen LogP) is 1.61. The van der Waals surface area contributed by atoms with Gasteiger partial charge in [0.2, 0.25) is 5.91 Å². The summed E-state index contributed by atoms with van der Waals surface area (Å²) in [5.74, 6) is -0.0522. The van der Waals surface area contributed by atoms with Crippen molar-refractivity contribution in [2.24, 2.45) is 5.41 Å². The highest BCUT2D eigenvalue weighted by Crippen LogP contribution is 2.28. The maximum atomic E-state index is 11.6. The summed E-state index contributed by atoms with van der Waals surface area (Å²) in [5.41, 5.74) is 0.213. The molecule has 0 aromatic rings. The summed E-state index contributed by atoms with van der Waals surface area (Å²) < 4.78 is 0. The first-order chi connectivity index (χ1) is 6.41. The largest absolute Gasteiger partial charge is 0.342 e. The normalized spacial score (nSPS) is 20.6. The van der Waals surface area contributed by atoms with Gasteiger partial charge < -0.3 is 4.90 Å². The summed E-state index contributed by atoms with van der Waals surface area (Å²) in [6, 6.07) is 0. The minimum atomic E-state index is -0.0432. The number of ketones is 1. The molecule has 1 saturated heterocycles. The molecular weight excluding hydrogens is 178 g/mol. The van der Waals surface area contributed by atoms with Crippen LogP contribution in [0.25, 0.3) is 0 Å². The van der Waals surface area contributed by atoms with Gasteiger partial charge in [-0.05, 0) is 25.2 Å². The molecule has 1 rings (SSSR count). The van der Waals surface area contributed by atoms with Crippen molar-refractivity contribution in [1.82, 2.24) is 4.90 Å². The third kappa shape index (κ3) is 3.13. The van der Waals surface area contributed by atoms with Crippen LogP contribution in [-0.2, 0) is 9.59 Å². The van der Waals surface area contributed by atoms with E-state index in [1.807, 2.05) is 4.90 Å². The van der Waals surface area contributed by atoms with E-state index in [0.29, 0.717) is 0 Å². The number of likely N-dealkylation sites (tertiary alicyclic amines) is 1. The van der Waals surface area contributed by atoms with Crippen LogP contribution in [-0.4, -0.2) is 29.7 Å². The summed E-state index contributed by atoms with van der Waals surface area (Å²) in [4.78, 5) is 24.2. The van der Waals surface area contributed by atoms with Crippen molar-refractivity contribution in [3.63, 3.8) is 0 Å². The molecule has 0 aromatic heterocycles. The molecule has 0 radical (unpaired) electrons. The van der Waals surface area contributed by atoms with Gasteiger partial charge in [-0.15, -0.1) is 0 Å². The van der Waals surface area contributed by atoms with Crippen LogP contribution >= 0.6 is 0 Å². The van der Waals surface area contributed by atoms with Gasteiger partial charge in [0.05, 0.1) is 6.42 Å². The number of amides is 1. The summed E-state index contributed by atoms with van der Waals surface area (Å²) in [5, 5.41) is 0. The van der Waals surface area contributed by atoms with Crippen LogP contribution in [0.15, 0.2) is 0 Å². The van der Waals surface area contributed by atoms with Gasteiger partial charge in [-0.2, -0.15) is 0 Å². The zero-order valence-corrected chi connectivity index (χ0v) is 9.30. The average Bonchev–Trinajstić information content (AvgIpc) is 2.01. The molecule has 14 heavy (non-hydrogen) atoms. The van der Waals surface area contributed by atoms with Gasteiger partial charge in [0.1, 0.15) is 5.78 Å². The van der Waals surface area contributed by atoms with Crippen molar-refractivity contribution in [3.8, 4) is 0 Å². The highest BCUT2D eigenvalue weighted by Gasteiger charge is 2.29. The number of carbonyl (C=O) groups is 2. The van der Waals surface area contributed by atoms with Crippen molar-refractivity contribution >= 4 is 11.7 Å². The van der Waals surface area contributed by atoms with E-state index in [-0.39, 0.29) is 23.5 Å². The molecule has 3 nitrogen and oxygen atoms in total. The summed E-state index contributed by atoms with van der Waals surface area (Å²) in [6.45, 7) is 7.40. The van der Waals surface area contributed by atoms with Gasteiger partial charge in [-0.25, -0.2) is 0 Å². The summed E-state index contributed by atoms with van der Waals surface area (Å²) in [6.07, 6.45) is 2.28. The predicted molar refractivity (Wildman–Crippen MR) is 54.9 cm³/mol. The van der Waals surface area contributed by atoms with Crippen molar-refractivity contribution in [2.75, 3.05) is 13.1 Å². The quantitative estimate of drug-likeness (QED) is 0.631. The number of nitrogens with zero attached hydrogens (tertiary/aromatic N) is 1. The van der Waals surface area contributed by atoms with E-state index in [2.05, 4.69) is 13.8 Å². The van der Waals surface area contributed by atoms with Gasteiger partial charge in [-0.1, -0.05) is 13.8 Å². The lowest BCUT2D eigenvalue weighted by Gasteiger charge is -2.38. The molecule has 0 N–H and O–H groups in total. The summed E-state index contributed by atoms with van der Waals surface area (Å²) in [7, 11) is 0. The van der Waals surface area contributed by atoms with Crippen LogP contribution < -0.4 is 0 Å². The first-order valence-corrected chi connectivity index (χ1v) is 5.18. The Morgan fingerprint density at radius 1 is 1.36 bits per heavy atom. The van der Waals surface area contributed by atoms with E-state index < -0.39 is 0 Å². The maximum Gasteiger partial charge on any atom is 0.230 e. The lowest BCUT2D eigenvalue weighted by molar-refractivity contribution is -0.137. The molecule has 1 amide bonds. The first-order valence-electron chi connectivity index (χ1n) is 5.18. The van der Waals surface area contributed by atoms with E-state index >= 15 is 0 Å². The van der Waals surface area contributed by atoms with Gasteiger partial charge in [-0.3, -0.25) is 9.59 Å². The van der Waals surface area contributed by atoms with E-state index in [9.17, 15) is 9.59 Å². The van der Waals surface area contributed by atoms with Gasteiger partial charge in [0, 0.05) is 13.1 Å². The molecule has 1 fully saturated rings. The molecule has 1 aliphatic rings. The first kappa shape index (κ1) is 11.2. The average molecular weight is 197 g/mol. The van der Waals surface area contributed by atoms with Crippen LogP contribution in [0.4, 0.5) is 0 Å². The Hall–Kier alpha value is -0.860. The fourth-order valence-electron chi connectivity index (χ4n) is 1.96. The molecule has 1 aliphatic heterocycles. The molecule has 80 valence electrons. The van der Waals surface area contributed by atoms with Crippen LogP contribution in [0.3, 0.4) is 0 Å². The summed E-state index contributed by atoms with van der Waals surface area (Å²) >= 11 is 0. The number of Topliss-reactive ketones (excluding diaryl/α,β-unsaturated/α-hetero) is 1. The monoisotopic (exact) mass is 197 g/mol. The van der Waals surface area contributed by atoms with Gasteiger partial charge >= 0.3 is 0 Å². The minimum Gasteiger partial charge on any atom is -0.342 e. The van der Waals surface area contributed by atoms with Gasteiger partial charge in [0.15, 0.2) is 0 Å². The lowest BCUT2D eigenvalue weighted by atomic mass is 9.84. The highest BCUT2D eigenvalue weighted by atomic mass is 16.2. The number of piperidine rings is 1. The fourth-order valence-corrected chi connectivity index (χ4v) is 1.96. The van der Waals surface area contributed by atoms with Crippen LogP contribution in [0.5, 0.6) is 0 Å². The van der Waals surface area contributed by atoms with Crippen LogP contribution in [0, 0.1) is 5.41 Å². The van der Waals surface area contributed by atoms with Crippen molar-refractivity contribution in [1.29, 1.82) is 0 Å². The Morgan fingerprint density at radius 3 is 2.50 bits per heavy atom. The lowest BCUT2D eigenvalue weighted by Crippen LogP contribution is -2.44. The zero-order chi connectivity index (χ0) is 10.8. The Kier molecular flexibility index (Phi) is 3.29. The minimum absolute atomic E-state index is 0.00900. The molecule has 0 saturated carbocycles. The number of rotatable bonds is 2. The molecule has 0 aromatic carbocycles. The molecule has 0 atom stereocenters. The Balaban J connectivity index is 2.52. The van der Waals surface area contributed by atoms with E-state index in [4.69, 9.17) is 0 Å². The molecule has 0 aliphatic carbocycles. The second-order valence-corrected chi connectivity index (χ2v) is 4.96. The molecule has 1 heterocycles. The fraction of sp³-hybridized carbons (Fsp3) is 0.818. The van der Waals surface area contributed by atoms with E-state index in [1.54, 1.807) is 0 Å². The molecular formula is C11H19NO2. The second-order valence-electron chi connectivity index (χ2n) is 4.96. The second kappa shape index (κ2) is 4.11. The van der Waals surface area contributed by atoms with Crippen molar-refractivity contribution in [2.45, 2.75) is 40.0 Å². The van der Waals surface area contributed by atoms with Crippen LogP contribution in [0.1, 0.15) is 40.0 Å². The van der Waals surface area contributed by atoms with Crippen molar-refractivity contribution in [3.05, 3.63) is 0 Å². The number of hydrogen-bond acceptors (Lipinski definition) is 2. The maximum absolute atomic E-state index is 11.6. The molecule has 0 spiro atoms. The van der Waals surface area contributed by atoms with Gasteiger partial charge in [0.25, 0.3) is 0 Å². The third-order valence-electron chi connectivity index (χ3n) is 2.65. The standard InChI is InChI=1S/C11H19NO2/c1-9(13)7-10(14)12-6-4-5-11(2,3)8-12/h4-8H2,1-3H3. The molecule has 3 heteroatoms. The van der Waals surface area contributed by atoms with Crippen molar-refractivity contribution < 1.29 is 9.59 Å². The highest BCUT2D eigenvalue weighted by molar-refractivity contribution is 5.96.